The fourth-order valence-electron chi connectivity index (χ4n) is 1.34. The number of rotatable bonds is 4. The molecule has 0 aliphatic carbocycles. The minimum Gasteiger partial charge on any atom is -0.397 e. The van der Waals surface area contributed by atoms with Crippen LogP contribution < -0.4 is 5.73 Å². The minimum atomic E-state index is -0.223. The lowest BCUT2D eigenvalue weighted by Gasteiger charge is -2.21. The number of aromatic nitrogens is 1. The number of carbonyl (C=O) groups excluding carboxylic acids is 2. The molecular weight excluding hydrogens is 220 g/mol. The third kappa shape index (κ3) is 3.24. The number of nitrogens with zero attached hydrogens (tertiary/aromatic N) is 2. The quantitative estimate of drug-likeness (QED) is 0.783. The van der Waals surface area contributed by atoms with E-state index in [1.807, 2.05) is 6.92 Å². The number of H-pyrrole nitrogens is 1. The highest BCUT2D eigenvalue weighted by molar-refractivity contribution is 5.95. The van der Waals surface area contributed by atoms with Crippen LogP contribution in [0.15, 0.2) is 12.3 Å². The summed E-state index contributed by atoms with van der Waals surface area (Å²) in [5, 5.41) is 0. The second-order valence-electron chi connectivity index (χ2n) is 3.95. The molecule has 2 amide bonds. The number of hydrogen-bond donors (Lipinski definition) is 2. The molecule has 0 atom stereocenters. The van der Waals surface area contributed by atoms with Crippen molar-refractivity contribution in [2.24, 2.45) is 0 Å². The molecule has 0 radical (unpaired) electrons. The molecule has 0 unspecified atom stereocenters. The Balaban J connectivity index is 2.74. The van der Waals surface area contributed by atoms with Gasteiger partial charge in [0.1, 0.15) is 12.2 Å². The third-order valence-electron chi connectivity index (χ3n) is 2.43. The average Bonchev–Trinajstić information content (AvgIpc) is 2.71. The normalized spacial score (nSPS) is 10.1. The van der Waals surface area contributed by atoms with Gasteiger partial charge < -0.3 is 20.5 Å². The first-order chi connectivity index (χ1) is 7.95. The molecule has 1 aromatic rings. The Morgan fingerprint density at radius 1 is 1.41 bits per heavy atom. The van der Waals surface area contributed by atoms with Crippen LogP contribution in [0.1, 0.15) is 17.4 Å². The molecule has 1 rings (SSSR count). The van der Waals surface area contributed by atoms with Crippen LogP contribution in [0.4, 0.5) is 5.69 Å². The van der Waals surface area contributed by atoms with E-state index in [2.05, 4.69) is 4.98 Å². The van der Waals surface area contributed by atoms with Gasteiger partial charge >= 0.3 is 0 Å². The number of aromatic amines is 1. The third-order valence-corrected chi connectivity index (χ3v) is 2.43. The number of amides is 2. The smallest absolute Gasteiger partial charge is 0.270 e. The van der Waals surface area contributed by atoms with Gasteiger partial charge in [0.25, 0.3) is 5.91 Å². The molecule has 3 N–H and O–H groups in total. The van der Waals surface area contributed by atoms with Gasteiger partial charge in [0.2, 0.25) is 5.91 Å². The summed E-state index contributed by atoms with van der Waals surface area (Å²) in [4.78, 5) is 29.3. The predicted octanol–water partition coefficient (Wildman–Crippen LogP) is 0.147. The maximum Gasteiger partial charge on any atom is 0.270 e. The Hall–Kier alpha value is -1.98. The summed E-state index contributed by atoms with van der Waals surface area (Å²) in [6.07, 6.45) is 1.55. The largest absolute Gasteiger partial charge is 0.397 e. The Morgan fingerprint density at radius 2 is 2.06 bits per heavy atom. The van der Waals surface area contributed by atoms with E-state index in [4.69, 9.17) is 5.73 Å². The number of nitrogens with one attached hydrogen (secondary N) is 1. The molecular formula is C11H18N4O2. The maximum absolute atomic E-state index is 12.0. The van der Waals surface area contributed by atoms with Gasteiger partial charge in [0, 0.05) is 32.5 Å². The van der Waals surface area contributed by atoms with Gasteiger partial charge in [0.05, 0.1) is 0 Å². The van der Waals surface area contributed by atoms with Gasteiger partial charge in [-0.25, -0.2) is 0 Å². The molecule has 94 valence electrons. The molecule has 0 aliphatic rings. The van der Waals surface area contributed by atoms with Crippen molar-refractivity contribution in [2.75, 3.05) is 32.9 Å². The first-order valence-corrected chi connectivity index (χ1v) is 5.39. The molecule has 0 saturated heterocycles. The summed E-state index contributed by atoms with van der Waals surface area (Å²) in [5.41, 5.74) is 6.43. The standard InChI is InChI=1S/C11H18N4O2/c1-4-15(7-10(16)14(2)3)11(17)9-5-8(12)6-13-9/h5-6,13H,4,7,12H2,1-3H3. The molecule has 6 nitrogen and oxygen atoms in total. The fraction of sp³-hybridized carbons (Fsp3) is 0.455. The number of hydrogen-bond acceptors (Lipinski definition) is 3. The number of nitrogens with two attached hydrogens (primary N) is 1. The summed E-state index contributed by atoms with van der Waals surface area (Å²) >= 11 is 0. The zero-order valence-corrected chi connectivity index (χ0v) is 10.4. The van der Waals surface area contributed by atoms with E-state index in [0.29, 0.717) is 17.9 Å². The predicted molar refractivity (Wildman–Crippen MR) is 65.5 cm³/mol. The van der Waals surface area contributed by atoms with Crippen LogP contribution in [0.5, 0.6) is 0 Å². The zero-order valence-electron chi connectivity index (χ0n) is 10.4. The summed E-state index contributed by atoms with van der Waals surface area (Å²) in [6, 6.07) is 1.56. The van der Waals surface area contributed by atoms with E-state index < -0.39 is 0 Å². The molecule has 0 bridgehead atoms. The minimum absolute atomic E-state index is 0.0707. The van der Waals surface area contributed by atoms with E-state index in [1.165, 1.54) is 9.80 Å². The molecule has 0 aliphatic heterocycles. The second kappa shape index (κ2) is 5.38. The van der Waals surface area contributed by atoms with E-state index in [9.17, 15) is 9.59 Å². The van der Waals surface area contributed by atoms with Crippen molar-refractivity contribution in [3.05, 3.63) is 18.0 Å². The van der Waals surface area contributed by atoms with Gasteiger partial charge in [-0.2, -0.15) is 0 Å². The lowest BCUT2D eigenvalue weighted by atomic mass is 10.3. The number of carbonyl (C=O) groups is 2. The summed E-state index contributed by atoms with van der Waals surface area (Å²) in [6.45, 7) is 2.37. The average molecular weight is 238 g/mol. The van der Waals surface area contributed by atoms with Gasteiger partial charge in [-0.1, -0.05) is 0 Å². The SMILES string of the molecule is CCN(CC(=O)N(C)C)C(=O)c1cc(N)c[nH]1. The lowest BCUT2D eigenvalue weighted by molar-refractivity contribution is -0.129. The second-order valence-corrected chi connectivity index (χ2v) is 3.95. The van der Waals surface area contributed by atoms with Crippen molar-refractivity contribution < 1.29 is 9.59 Å². The number of nitrogen functional groups attached to an aromatic ring is 1. The van der Waals surface area contributed by atoms with Crippen LogP contribution in [0, 0.1) is 0 Å². The van der Waals surface area contributed by atoms with E-state index in [-0.39, 0.29) is 18.4 Å². The Labute approximate surface area is 100 Å². The van der Waals surface area contributed by atoms with Crippen molar-refractivity contribution in [3.63, 3.8) is 0 Å². The lowest BCUT2D eigenvalue weighted by Crippen LogP contribution is -2.40. The Kier molecular flexibility index (Phi) is 4.14. The van der Waals surface area contributed by atoms with Crippen molar-refractivity contribution in [1.82, 2.24) is 14.8 Å². The summed E-state index contributed by atoms with van der Waals surface area (Å²) < 4.78 is 0. The Bertz CT molecular complexity index is 411. The monoisotopic (exact) mass is 238 g/mol. The van der Waals surface area contributed by atoms with Gasteiger partial charge in [-0.15, -0.1) is 0 Å². The van der Waals surface area contributed by atoms with Gasteiger partial charge in [-0.3, -0.25) is 9.59 Å². The van der Waals surface area contributed by atoms with Crippen LogP contribution in [-0.4, -0.2) is 53.8 Å². The van der Waals surface area contributed by atoms with Gasteiger partial charge in [0.15, 0.2) is 0 Å². The van der Waals surface area contributed by atoms with Crippen molar-refractivity contribution in [2.45, 2.75) is 6.92 Å². The first kappa shape index (κ1) is 13.1. The van der Waals surface area contributed by atoms with Gasteiger partial charge in [-0.05, 0) is 13.0 Å². The molecule has 1 aromatic heterocycles. The molecule has 0 fully saturated rings. The van der Waals surface area contributed by atoms with E-state index in [0.717, 1.165) is 0 Å². The first-order valence-electron chi connectivity index (χ1n) is 5.39. The summed E-state index contributed by atoms with van der Waals surface area (Å²) in [7, 11) is 3.32. The molecule has 0 spiro atoms. The highest BCUT2D eigenvalue weighted by Gasteiger charge is 2.19. The molecule has 1 heterocycles. The summed E-state index contributed by atoms with van der Waals surface area (Å²) in [5.74, 6) is -0.334. The van der Waals surface area contributed by atoms with E-state index >= 15 is 0 Å². The topological polar surface area (TPSA) is 82.4 Å². The van der Waals surface area contributed by atoms with E-state index in [1.54, 1.807) is 26.4 Å². The van der Waals surface area contributed by atoms with Crippen molar-refractivity contribution >= 4 is 17.5 Å². The molecule has 0 saturated carbocycles. The zero-order chi connectivity index (χ0) is 13.0. The van der Waals surface area contributed by atoms with Crippen LogP contribution in [-0.2, 0) is 4.79 Å². The molecule has 6 heteroatoms. The van der Waals surface area contributed by atoms with Crippen molar-refractivity contribution in [1.29, 1.82) is 0 Å². The van der Waals surface area contributed by atoms with Crippen LogP contribution in [0.3, 0.4) is 0 Å². The molecule has 0 aromatic carbocycles. The van der Waals surface area contributed by atoms with Crippen molar-refractivity contribution in [3.8, 4) is 0 Å². The highest BCUT2D eigenvalue weighted by atomic mass is 16.2. The molecule has 17 heavy (non-hydrogen) atoms. The number of likely N-dealkylation sites (N-methyl/N-ethyl adjacent to an activating group) is 2. The Morgan fingerprint density at radius 3 is 2.47 bits per heavy atom. The highest BCUT2D eigenvalue weighted by Crippen LogP contribution is 2.08. The fourth-order valence-corrected chi connectivity index (χ4v) is 1.34. The maximum atomic E-state index is 12.0. The van der Waals surface area contributed by atoms with Crippen LogP contribution in [0.2, 0.25) is 0 Å². The van der Waals surface area contributed by atoms with Crippen LogP contribution >= 0.6 is 0 Å². The van der Waals surface area contributed by atoms with Crippen LogP contribution in [0.25, 0.3) is 0 Å². The number of anilines is 1.